The van der Waals surface area contributed by atoms with Gasteiger partial charge in [-0.2, -0.15) is 0 Å². The van der Waals surface area contributed by atoms with Crippen molar-refractivity contribution in [1.82, 2.24) is 10.2 Å². The predicted molar refractivity (Wildman–Crippen MR) is 97.1 cm³/mol. The van der Waals surface area contributed by atoms with E-state index in [1.54, 1.807) is 0 Å². The standard InChI is InChI=1S/C17H29N3S/c1-12(2)20(13(3)4)10-9-18-17(21)19-16-8-7-14(5)15(6)11-16/h7-8,11-13H,9-10H2,1-6H3,(H2,18,19,21). The van der Waals surface area contributed by atoms with Gasteiger partial charge in [-0.1, -0.05) is 6.07 Å². The Balaban J connectivity index is 2.42. The van der Waals surface area contributed by atoms with Crippen LogP contribution in [-0.4, -0.2) is 35.2 Å². The van der Waals surface area contributed by atoms with E-state index in [1.165, 1.54) is 11.1 Å². The minimum Gasteiger partial charge on any atom is -0.361 e. The summed E-state index contributed by atoms with van der Waals surface area (Å²) in [6, 6.07) is 7.39. The fourth-order valence-corrected chi connectivity index (χ4v) is 2.63. The van der Waals surface area contributed by atoms with Crippen molar-refractivity contribution < 1.29 is 0 Å². The normalized spacial score (nSPS) is 11.3. The molecule has 0 radical (unpaired) electrons. The second-order valence-electron chi connectivity index (χ2n) is 6.11. The van der Waals surface area contributed by atoms with E-state index in [0.717, 1.165) is 18.8 Å². The average Bonchev–Trinajstić information content (AvgIpc) is 2.38. The third kappa shape index (κ3) is 6.02. The maximum absolute atomic E-state index is 5.35. The Bertz CT molecular complexity index is 461. The molecule has 2 N–H and O–H groups in total. The number of hydrogen-bond acceptors (Lipinski definition) is 2. The Labute approximate surface area is 135 Å². The quantitative estimate of drug-likeness (QED) is 0.784. The number of aryl methyl sites for hydroxylation is 2. The molecular formula is C17H29N3S. The van der Waals surface area contributed by atoms with E-state index in [1.807, 2.05) is 0 Å². The van der Waals surface area contributed by atoms with Gasteiger partial charge in [0.2, 0.25) is 0 Å². The van der Waals surface area contributed by atoms with E-state index in [2.05, 4.69) is 75.3 Å². The molecule has 21 heavy (non-hydrogen) atoms. The average molecular weight is 308 g/mol. The maximum Gasteiger partial charge on any atom is 0.170 e. The van der Waals surface area contributed by atoms with Crippen molar-refractivity contribution in [2.45, 2.75) is 53.6 Å². The van der Waals surface area contributed by atoms with Gasteiger partial charge in [-0.3, -0.25) is 4.90 Å². The summed E-state index contributed by atoms with van der Waals surface area (Å²) < 4.78 is 0. The van der Waals surface area contributed by atoms with Crippen LogP contribution in [0.4, 0.5) is 5.69 Å². The lowest BCUT2D eigenvalue weighted by atomic mass is 10.1. The zero-order chi connectivity index (χ0) is 16.0. The molecule has 0 spiro atoms. The van der Waals surface area contributed by atoms with E-state index in [0.29, 0.717) is 17.2 Å². The highest BCUT2D eigenvalue weighted by Crippen LogP contribution is 2.13. The first-order chi connectivity index (χ1) is 9.81. The van der Waals surface area contributed by atoms with Crippen LogP contribution in [0.15, 0.2) is 18.2 Å². The Hall–Kier alpha value is -1.13. The van der Waals surface area contributed by atoms with Crippen molar-refractivity contribution in [2.24, 2.45) is 0 Å². The van der Waals surface area contributed by atoms with Gasteiger partial charge < -0.3 is 10.6 Å². The van der Waals surface area contributed by atoms with Gasteiger partial charge in [-0.05, 0) is 77.0 Å². The maximum atomic E-state index is 5.35. The Morgan fingerprint density at radius 2 is 1.71 bits per heavy atom. The van der Waals surface area contributed by atoms with Crippen LogP contribution in [0.25, 0.3) is 0 Å². The van der Waals surface area contributed by atoms with Gasteiger partial charge >= 0.3 is 0 Å². The molecule has 0 unspecified atom stereocenters. The van der Waals surface area contributed by atoms with Gasteiger partial charge in [0.25, 0.3) is 0 Å². The van der Waals surface area contributed by atoms with Crippen molar-refractivity contribution in [3.05, 3.63) is 29.3 Å². The number of thiocarbonyl (C=S) groups is 1. The molecular weight excluding hydrogens is 278 g/mol. The number of rotatable bonds is 6. The van der Waals surface area contributed by atoms with Crippen molar-refractivity contribution in [3.8, 4) is 0 Å². The van der Waals surface area contributed by atoms with Crippen LogP contribution in [0.1, 0.15) is 38.8 Å². The molecule has 0 saturated heterocycles. The molecule has 0 aliphatic rings. The highest BCUT2D eigenvalue weighted by molar-refractivity contribution is 7.80. The first kappa shape index (κ1) is 17.9. The molecule has 1 rings (SSSR count). The number of hydrogen-bond donors (Lipinski definition) is 2. The van der Waals surface area contributed by atoms with Crippen LogP contribution in [0.2, 0.25) is 0 Å². The van der Waals surface area contributed by atoms with Gasteiger partial charge in [0, 0.05) is 30.9 Å². The number of benzene rings is 1. The summed E-state index contributed by atoms with van der Waals surface area (Å²) in [6.07, 6.45) is 0. The van der Waals surface area contributed by atoms with Crippen LogP contribution in [0.3, 0.4) is 0 Å². The number of anilines is 1. The molecule has 0 aliphatic heterocycles. The molecule has 3 nitrogen and oxygen atoms in total. The third-order valence-electron chi connectivity index (χ3n) is 3.75. The third-order valence-corrected chi connectivity index (χ3v) is 3.99. The molecule has 0 aliphatic carbocycles. The lowest BCUT2D eigenvalue weighted by Gasteiger charge is -2.30. The summed E-state index contributed by atoms with van der Waals surface area (Å²) in [7, 11) is 0. The van der Waals surface area contributed by atoms with Crippen molar-refractivity contribution >= 4 is 23.0 Å². The molecule has 4 heteroatoms. The van der Waals surface area contributed by atoms with Gasteiger partial charge in [-0.25, -0.2) is 0 Å². The fraction of sp³-hybridized carbons (Fsp3) is 0.588. The summed E-state index contributed by atoms with van der Waals surface area (Å²) in [5.74, 6) is 0. The minimum atomic E-state index is 0.549. The highest BCUT2D eigenvalue weighted by atomic mass is 32.1. The summed E-state index contributed by atoms with van der Waals surface area (Å²) >= 11 is 5.35. The molecule has 0 fully saturated rings. The van der Waals surface area contributed by atoms with Crippen LogP contribution in [0.5, 0.6) is 0 Å². The SMILES string of the molecule is Cc1ccc(NC(=S)NCCN(C(C)C)C(C)C)cc1C. The number of nitrogens with one attached hydrogen (secondary N) is 2. The van der Waals surface area contributed by atoms with Crippen LogP contribution in [-0.2, 0) is 0 Å². The Morgan fingerprint density at radius 3 is 2.24 bits per heavy atom. The molecule has 0 aromatic heterocycles. The van der Waals surface area contributed by atoms with E-state index in [4.69, 9.17) is 12.2 Å². The summed E-state index contributed by atoms with van der Waals surface area (Å²) in [6.45, 7) is 15.0. The molecule has 0 heterocycles. The topological polar surface area (TPSA) is 27.3 Å². The zero-order valence-corrected chi connectivity index (χ0v) is 15.0. The van der Waals surface area contributed by atoms with E-state index >= 15 is 0 Å². The lowest BCUT2D eigenvalue weighted by Crippen LogP contribution is -2.43. The number of nitrogens with zero attached hydrogens (tertiary/aromatic N) is 1. The predicted octanol–water partition coefficient (Wildman–Crippen LogP) is 3.71. The molecule has 0 amide bonds. The Kier molecular flexibility index (Phi) is 7.12. The second-order valence-corrected chi connectivity index (χ2v) is 6.51. The minimum absolute atomic E-state index is 0.549. The van der Waals surface area contributed by atoms with Crippen LogP contribution in [0, 0.1) is 13.8 Å². The Morgan fingerprint density at radius 1 is 1.10 bits per heavy atom. The van der Waals surface area contributed by atoms with E-state index in [9.17, 15) is 0 Å². The van der Waals surface area contributed by atoms with Gasteiger partial charge in [0.05, 0.1) is 0 Å². The largest absolute Gasteiger partial charge is 0.361 e. The first-order valence-electron chi connectivity index (χ1n) is 7.69. The lowest BCUT2D eigenvalue weighted by molar-refractivity contribution is 0.178. The molecule has 118 valence electrons. The monoisotopic (exact) mass is 307 g/mol. The molecule has 0 atom stereocenters. The fourth-order valence-electron chi connectivity index (χ4n) is 2.41. The van der Waals surface area contributed by atoms with Gasteiger partial charge in [0.1, 0.15) is 0 Å². The first-order valence-corrected chi connectivity index (χ1v) is 8.10. The van der Waals surface area contributed by atoms with Crippen LogP contribution >= 0.6 is 12.2 Å². The second kappa shape index (κ2) is 8.35. The molecule has 0 saturated carbocycles. The van der Waals surface area contributed by atoms with Crippen molar-refractivity contribution in [2.75, 3.05) is 18.4 Å². The molecule has 1 aromatic rings. The van der Waals surface area contributed by atoms with Crippen molar-refractivity contribution in [3.63, 3.8) is 0 Å². The van der Waals surface area contributed by atoms with E-state index in [-0.39, 0.29) is 0 Å². The smallest absolute Gasteiger partial charge is 0.170 e. The van der Waals surface area contributed by atoms with Gasteiger partial charge in [0.15, 0.2) is 5.11 Å². The highest BCUT2D eigenvalue weighted by Gasteiger charge is 2.12. The summed E-state index contributed by atoms with van der Waals surface area (Å²) in [5.41, 5.74) is 3.61. The van der Waals surface area contributed by atoms with E-state index < -0.39 is 0 Å². The van der Waals surface area contributed by atoms with Gasteiger partial charge in [-0.15, -0.1) is 0 Å². The summed E-state index contributed by atoms with van der Waals surface area (Å²) in [4.78, 5) is 2.45. The zero-order valence-electron chi connectivity index (χ0n) is 14.2. The summed E-state index contributed by atoms with van der Waals surface area (Å²) in [5, 5.41) is 7.21. The van der Waals surface area contributed by atoms with Crippen LogP contribution < -0.4 is 10.6 Å². The molecule has 1 aromatic carbocycles. The molecule has 0 bridgehead atoms. The van der Waals surface area contributed by atoms with Crippen molar-refractivity contribution in [1.29, 1.82) is 0 Å².